The Morgan fingerprint density at radius 1 is 1.02 bits per heavy atom. The first-order valence-electron chi connectivity index (χ1n) is 15.9. The van der Waals surface area contributed by atoms with Crippen LogP contribution in [0.3, 0.4) is 0 Å². The van der Waals surface area contributed by atoms with Gasteiger partial charge in [-0.05, 0) is 63.4 Å². The average Bonchev–Trinajstić information content (AvgIpc) is 3.47. The highest BCUT2D eigenvalue weighted by Gasteiger charge is 2.26. The molecule has 5 rings (SSSR count). The van der Waals surface area contributed by atoms with Gasteiger partial charge in [-0.2, -0.15) is 10.1 Å². The molecule has 1 N–H and O–H groups in total. The lowest BCUT2D eigenvalue weighted by molar-refractivity contribution is 0.288. The maximum atomic E-state index is 13.4. The Hall–Kier alpha value is -3.87. The predicted molar refractivity (Wildman–Crippen MR) is 187 cm³/mol. The van der Waals surface area contributed by atoms with Crippen LogP contribution in [-0.2, 0) is 23.5 Å². The van der Waals surface area contributed by atoms with E-state index in [2.05, 4.69) is 45.5 Å². The zero-order valence-electron chi connectivity index (χ0n) is 28.2. The Morgan fingerprint density at radius 3 is 2.43 bits per heavy atom. The van der Waals surface area contributed by atoms with E-state index in [9.17, 15) is 8.42 Å². The number of sulfonamides is 1. The van der Waals surface area contributed by atoms with Gasteiger partial charge in [0.2, 0.25) is 11.8 Å². The highest BCUT2D eigenvalue weighted by molar-refractivity contribution is 7.92. The molecule has 13 heteroatoms. The number of nitrogens with one attached hydrogen (secondary N) is 1. The molecule has 0 spiro atoms. The van der Waals surface area contributed by atoms with E-state index < -0.39 is 10.0 Å². The molecular formula is C34H44ClN7O4S. The number of ether oxygens (including phenoxy) is 2. The standard InChI is InChI=1S/C34H44ClN7O4S/c1-8-26-32(30-23(4)12-13-28(24(30)5)45-19-14-22(2)3)37-34(39-47(43,44)25-20-36-41(7)21-25)38-33(26)46-29-11-9-10-27(31(29)35)42-17-15-40(6)16-18-42/h9-13,20-22H,8,14-19H2,1-7H3,(H,37,38,39). The predicted octanol–water partition coefficient (Wildman–Crippen LogP) is 6.48. The summed E-state index contributed by atoms with van der Waals surface area (Å²) in [4.78, 5) is 14.0. The number of aryl methyl sites for hydroxylation is 2. The van der Waals surface area contributed by atoms with Crippen LogP contribution in [0, 0.1) is 19.8 Å². The fourth-order valence-corrected chi connectivity index (χ4v) is 6.77. The van der Waals surface area contributed by atoms with Gasteiger partial charge in [0, 0.05) is 56.1 Å². The van der Waals surface area contributed by atoms with Crippen LogP contribution < -0.4 is 19.1 Å². The number of piperazine rings is 1. The van der Waals surface area contributed by atoms with E-state index in [-0.39, 0.29) is 16.7 Å². The molecule has 0 amide bonds. The maximum Gasteiger partial charge on any atom is 0.267 e. The molecule has 1 fully saturated rings. The number of rotatable bonds is 12. The van der Waals surface area contributed by atoms with Crippen LogP contribution in [0.1, 0.15) is 43.9 Å². The summed E-state index contributed by atoms with van der Waals surface area (Å²) < 4.78 is 43.5. The minimum Gasteiger partial charge on any atom is -0.493 e. The largest absolute Gasteiger partial charge is 0.493 e. The van der Waals surface area contributed by atoms with Crippen molar-refractivity contribution in [2.45, 2.75) is 52.4 Å². The molecule has 47 heavy (non-hydrogen) atoms. The third kappa shape index (κ3) is 7.82. The molecule has 0 atom stereocenters. The Kier molecular flexibility index (Phi) is 10.6. The summed E-state index contributed by atoms with van der Waals surface area (Å²) in [6, 6.07) is 9.64. The Labute approximate surface area is 282 Å². The van der Waals surface area contributed by atoms with Crippen LogP contribution in [0.5, 0.6) is 17.4 Å². The zero-order valence-corrected chi connectivity index (χ0v) is 29.7. The summed E-state index contributed by atoms with van der Waals surface area (Å²) in [7, 11) is -0.303. The van der Waals surface area contributed by atoms with Gasteiger partial charge in [-0.1, -0.05) is 44.5 Å². The quantitative estimate of drug-likeness (QED) is 0.179. The Bertz CT molecular complexity index is 1840. The minimum absolute atomic E-state index is 0.0111. The molecule has 4 aromatic rings. The summed E-state index contributed by atoms with van der Waals surface area (Å²) in [5.74, 6) is 1.75. The summed E-state index contributed by atoms with van der Waals surface area (Å²) in [5.41, 5.74) is 4.81. The van der Waals surface area contributed by atoms with Crippen LogP contribution in [0.2, 0.25) is 5.02 Å². The molecule has 3 heterocycles. The molecule has 1 aliphatic rings. The van der Waals surface area contributed by atoms with Gasteiger partial charge in [0.05, 0.1) is 24.2 Å². The van der Waals surface area contributed by atoms with E-state index in [1.807, 2.05) is 45.0 Å². The molecule has 1 saturated heterocycles. The molecule has 0 radical (unpaired) electrons. The summed E-state index contributed by atoms with van der Waals surface area (Å²) in [6.45, 7) is 14.4. The third-order valence-electron chi connectivity index (χ3n) is 8.35. The van der Waals surface area contributed by atoms with E-state index >= 15 is 0 Å². The monoisotopic (exact) mass is 681 g/mol. The first-order valence-corrected chi connectivity index (χ1v) is 17.8. The second-order valence-corrected chi connectivity index (χ2v) is 14.4. The van der Waals surface area contributed by atoms with E-state index in [1.165, 1.54) is 17.1 Å². The molecule has 2 aromatic carbocycles. The molecule has 11 nitrogen and oxygen atoms in total. The van der Waals surface area contributed by atoms with Crippen molar-refractivity contribution in [3.63, 3.8) is 0 Å². The Balaban J connectivity index is 1.62. The van der Waals surface area contributed by atoms with Crippen molar-refractivity contribution >= 4 is 33.3 Å². The number of anilines is 2. The van der Waals surface area contributed by atoms with E-state index in [0.717, 1.165) is 60.7 Å². The molecule has 0 aliphatic carbocycles. The number of aromatic nitrogens is 4. The first kappa shape index (κ1) is 34.5. The van der Waals surface area contributed by atoms with Gasteiger partial charge in [-0.15, -0.1) is 0 Å². The van der Waals surface area contributed by atoms with Gasteiger partial charge < -0.3 is 19.3 Å². The lowest BCUT2D eigenvalue weighted by Gasteiger charge is -2.34. The normalized spacial score (nSPS) is 14.1. The van der Waals surface area contributed by atoms with Crippen molar-refractivity contribution in [1.29, 1.82) is 0 Å². The topological polar surface area (TPSA) is 115 Å². The molecular weight excluding hydrogens is 638 g/mol. The highest BCUT2D eigenvalue weighted by atomic mass is 35.5. The zero-order chi connectivity index (χ0) is 33.9. The van der Waals surface area contributed by atoms with Crippen LogP contribution in [0.4, 0.5) is 11.6 Å². The highest BCUT2D eigenvalue weighted by Crippen LogP contribution is 2.42. The lowest BCUT2D eigenvalue weighted by atomic mass is 9.95. The van der Waals surface area contributed by atoms with Gasteiger partial charge in [0.25, 0.3) is 10.0 Å². The van der Waals surface area contributed by atoms with Crippen molar-refractivity contribution in [3.8, 4) is 28.6 Å². The van der Waals surface area contributed by atoms with E-state index in [1.54, 1.807) is 13.1 Å². The molecule has 0 bridgehead atoms. The van der Waals surface area contributed by atoms with Crippen LogP contribution >= 0.6 is 11.6 Å². The second kappa shape index (κ2) is 14.5. The number of likely N-dealkylation sites (N-methyl/N-ethyl adjacent to an activating group) is 1. The molecule has 2 aromatic heterocycles. The van der Waals surface area contributed by atoms with Crippen molar-refractivity contribution in [2.75, 3.05) is 49.5 Å². The summed E-state index contributed by atoms with van der Waals surface area (Å²) in [5, 5.41) is 4.48. The van der Waals surface area contributed by atoms with E-state index in [4.69, 9.17) is 26.1 Å². The number of hydrogen-bond donors (Lipinski definition) is 1. The smallest absolute Gasteiger partial charge is 0.267 e. The van der Waals surface area contributed by atoms with Gasteiger partial charge >= 0.3 is 0 Å². The Morgan fingerprint density at radius 2 is 1.77 bits per heavy atom. The van der Waals surface area contributed by atoms with Crippen LogP contribution in [0.15, 0.2) is 47.6 Å². The van der Waals surface area contributed by atoms with Gasteiger partial charge in [-0.3, -0.25) is 4.68 Å². The fourth-order valence-electron chi connectivity index (χ4n) is 5.56. The molecule has 0 unspecified atom stereocenters. The number of hydrogen-bond acceptors (Lipinski definition) is 9. The summed E-state index contributed by atoms with van der Waals surface area (Å²) >= 11 is 6.99. The molecule has 252 valence electrons. The van der Waals surface area contributed by atoms with E-state index in [0.29, 0.717) is 41.0 Å². The second-order valence-electron chi connectivity index (χ2n) is 12.4. The maximum absolute atomic E-state index is 13.4. The van der Waals surface area contributed by atoms with Crippen LogP contribution in [0.25, 0.3) is 11.3 Å². The van der Waals surface area contributed by atoms with Gasteiger partial charge in [0.1, 0.15) is 21.4 Å². The SMILES string of the molecule is CCc1c(Oc2cccc(N3CCN(C)CC3)c2Cl)nc(NS(=O)(=O)c2cnn(C)c2)nc1-c1c(C)ccc(OCCC(C)C)c1C. The number of halogens is 1. The lowest BCUT2D eigenvalue weighted by Crippen LogP contribution is -2.44. The fraction of sp³-hybridized carbons (Fsp3) is 0.441. The van der Waals surface area contributed by atoms with Gasteiger partial charge in [-0.25, -0.2) is 18.1 Å². The van der Waals surface area contributed by atoms with Crippen molar-refractivity contribution in [2.24, 2.45) is 13.0 Å². The van der Waals surface area contributed by atoms with Crippen molar-refractivity contribution in [3.05, 3.63) is 64.4 Å². The van der Waals surface area contributed by atoms with Crippen LogP contribution in [-0.4, -0.2) is 72.9 Å². The average molecular weight is 682 g/mol. The van der Waals surface area contributed by atoms with Crippen molar-refractivity contribution < 1.29 is 17.9 Å². The molecule has 0 saturated carbocycles. The summed E-state index contributed by atoms with van der Waals surface area (Å²) in [6.07, 6.45) is 4.11. The minimum atomic E-state index is -4.06. The third-order valence-corrected chi connectivity index (χ3v) is 10.0. The van der Waals surface area contributed by atoms with Crippen molar-refractivity contribution in [1.82, 2.24) is 24.6 Å². The van der Waals surface area contributed by atoms with Gasteiger partial charge in [0.15, 0.2) is 0 Å². The first-order chi connectivity index (χ1) is 22.4. The number of benzene rings is 2. The number of nitrogens with zero attached hydrogens (tertiary/aromatic N) is 6. The molecule has 1 aliphatic heterocycles.